The van der Waals surface area contributed by atoms with Gasteiger partial charge in [0, 0.05) is 26.7 Å². The van der Waals surface area contributed by atoms with Crippen LogP contribution in [0, 0.1) is 0 Å². The molecule has 0 fully saturated rings. The van der Waals surface area contributed by atoms with Crippen LogP contribution >= 0.6 is 11.3 Å². The molecule has 0 amide bonds. The highest BCUT2D eigenvalue weighted by atomic mass is 32.2. The van der Waals surface area contributed by atoms with Gasteiger partial charge in [-0.05, 0) is 35.4 Å². The quantitative estimate of drug-likeness (QED) is 0.349. The van der Waals surface area contributed by atoms with Crippen molar-refractivity contribution in [3.8, 4) is 0 Å². The van der Waals surface area contributed by atoms with E-state index < -0.39 is 15.7 Å². The number of hydrogen-bond donors (Lipinski definition) is 4. The van der Waals surface area contributed by atoms with Gasteiger partial charge in [-0.3, -0.25) is 4.55 Å². The molecule has 0 unspecified atom stereocenters. The van der Waals surface area contributed by atoms with E-state index in [9.17, 15) is 18.6 Å². The molecule has 0 aliphatic rings. The van der Waals surface area contributed by atoms with Gasteiger partial charge in [-0.15, -0.1) is 11.3 Å². The van der Waals surface area contributed by atoms with Crippen molar-refractivity contribution in [2.45, 2.75) is 19.0 Å². The molecule has 1 heterocycles. The molecule has 0 aliphatic heterocycles. The average Bonchev–Trinajstić information content (AvgIpc) is 3.09. The summed E-state index contributed by atoms with van der Waals surface area (Å²) < 4.78 is 28.5. The van der Waals surface area contributed by atoms with Gasteiger partial charge in [-0.2, -0.15) is 8.42 Å². The van der Waals surface area contributed by atoms with Gasteiger partial charge < -0.3 is 15.5 Å². The Morgan fingerprint density at radius 1 is 0.933 bits per heavy atom. The molecule has 160 valence electrons. The van der Waals surface area contributed by atoms with Crippen LogP contribution in [0.3, 0.4) is 0 Å². The van der Waals surface area contributed by atoms with Crippen LogP contribution in [0.2, 0.25) is 0 Å². The zero-order valence-corrected chi connectivity index (χ0v) is 18.4. The molecule has 30 heavy (non-hydrogen) atoms. The van der Waals surface area contributed by atoms with Crippen molar-refractivity contribution >= 4 is 52.4 Å². The van der Waals surface area contributed by atoms with E-state index in [4.69, 9.17) is 4.55 Å². The molecule has 1 aromatic heterocycles. The fourth-order valence-electron chi connectivity index (χ4n) is 3.24. The molecule has 8 heteroatoms. The van der Waals surface area contributed by atoms with E-state index in [0.29, 0.717) is 12.8 Å². The summed E-state index contributed by atoms with van der Waals surface area (Å²) >= 11 is 1.83. The van der Waals surface area contributed by atoms with E-state index in [2.05, 4.69) is 59.9 Å². The number of nitrogens with one attached hydrogen (secondary N) is 1. The average molecular weight is 448 g/mol. The molecular weight excluding hydrogens is 422 g/mol. The standard InChI is InChI=1S/C21H21NO2S.CH4O3S/c1-21(12-23,13-24)22-11-14-10-18-16-7-4-5-9-19(16)25-20(18)17-8-3-2-6-15(14)17;1-5(2,3)4/h2-10,22-24H,11-13H2,1H3;1H3,(H,2,3,4). The minimum absolute atomic E-state index is 0.106. The highest BCUT2D eigenvalue weighted by Crippen LogP contribution is 2.39. The van der Waals surface area contributed by atoms with Crippen molar-refractivity contribution in [2.24, 2.45) is 0 Å². The van der Waals surface area contributed by atoms with Crippen LogP contribution in [0.5, 0.6) is 0 Å². The van der Waals surface area contributed by atoms with Crippen LogP contribution in [0.25, 0.3) is 30.9 Å². The first-order valence-corrected chi connectivity index (χ1v) is 12.0. The summed E-state index contributed by atoms with van der Waals surface area (Å²) in [5.74, 6) is 0. The summed E-state index contributed by atoms with van der Waals surface area (Å²) in [6, 6.07) is 19.2. The van der Waals surface area contributed by atoms with Crippen LogP contribution < -0.4 is 5.32 Å². The summed E-state index contributed by atoms with van der Waals surface area (Å²) in [7, 11) is -3.67. The van der Waals surface area contributed by atoms with E-state index >= 15 is 0 Å². The summed E-state index contributed by atoms with van der Waals surface area (Å²) in [5, 5.41) is 27.4. The Kier molecular flexibility index (Phi) is 6.76. The van der Waals surface area contributed by atoms with Gasteiger partial charge in [0.1, 0.15) is 0 Å². The molecule has 0 spiro atoms. The van der Waals surface area contributed by atoms with Crippen molar-refractivity contribution < 1.29 is 23.2 Å². The highest BCUT2D eigenvalue weighted by molar-refractivity contribution is 7.85. The summed E-state index contributed by atoms with van der Waals surface area (Å²) in [5.41, 5.74) is 0.493. The Bertz CT molecular complexity index is 1270. The van der Waals surface area contributed by atoms with E-state index in [1.807, 2.05) is 18.3 Å². The second kappa shape index (κ2) is 8.97. The minimum Gasteiger partial charge on any atom is -0.394 e. The van der Waals surface area contributed by atoms with E-state index in [1.165, 1.54) is 36.5 Å². The first-order chi connectivity index (χ1) is 14.1. The molecule has 4 N–H and O–H groups in total. The lowest BCUT2D eigenvalue weighted by molar-refractivity contribution is 0.103. The van der Waals surface area contributed by atoms with Crippen LogP contribution in [-0.2, 0) is 16.7 Å². The smallest absolute Gasteiger partial charge is 0.261 e. The van der Waals surface area contributed by atoms with Crippen LogP contribution in [0.4, 0.5) is 0 Å². The number of aliphatic hydroxyl groups is 2. The molecule has 0 atom stereocenters. The normalized spacial score (nSPS) is 12.3. The Morgan fingerprint density at radius 2 is 1.47 bits per heavy atom. The zero-order valence-electron chi connectivity index (χ0n) is 16.8. The molecule has 0 saturated carbocycles. The maximum Gasteiger partial charge on any atom is 0.261 e. The highest BCUT2D eigenvalue weighted by Gasteiger charge is 2.22. The lowest BCUT2D eigenvalue weighted by atomic mass is 9.99. The zero-order chi connectivity index (χ0) is 21.9. The summed E-state index contributed by atoms with van der Waals surface area (Å²) in [6.07, 6.45) is 0.715. The fourth-order valence-corrected chi connectivity index (χ4v) is 4.46. The molecular formula is C22H25NO5S2. The van der Waals surface area contributed by atoms with Crippen molar-refractivity contribution in [1.82, 2.24) is 5.32 Å². The van der Waals surface area contributed by atoms with Gasteiger partial charge in [-0.25, -0.2) is 0 Å². The summed E-state index contributed by atoms with van der Waals surface area (Å²) in [6.45, 7) is 2.21. The number of rotatable bonds is 5. The molecule has 6 nitrogen and oxygen atoms in total. The second-order valence-corrected chi connectivity index (χ2v) is 10.0. The lowest BCUT2D eigenvalue weighted by Crippen LogP contribution is -2.48. The van der Waals surface area contributed by atoms with Gasteiger partial charge in [0.05, 0.1) is 25.0 Å². The van der Waals surface area contributed by atoms with E-state index in [-0.39, 0.29) is 13.2 Å². The number of fused-ring (bicyclic) bond motifs is 5. The number of hydrogen-bond acceptors (Lipinski definition) is 6. The third kappa shape index (κ3) is 5.15. The Balaban J connectivity index is 0.000000461. The third-order valence-electron chi connectivity index (χ3n) is 4.87. The molecule has 0 radical (unpaired) electrons. The predicted molar refractivity (Wildman–Crippen MR) is 124 cm³/mol. The van der Waals surface area contributed by atoms with Crippen LogP contribution in [0.15, 0.2) is 54.6 Å². The predicted octanol–water partition coefficient (Wildman–Crippen LogP) is 3.54. The maximum atomic E-state index is 9.54. The largest absolute Gasteiger partial charge is 0.394 e. The van der Waals surface area contributed by atoms with Crippen molar-refractivity contribution in [3.05, 3.63) is 60.2 Å². The molecule has 0 aliphatic carbocycles. The van der Waals surface area contributed by atoms with Gasteiger partial charge in [-0.1, -0.05) is 42.5 Å². The number of aliphatic hydroxyl groups excluding tert-OH is 2. The molecule has 0 saturated heterocycles. The monoisotopic (exact) mass is 447 g/mol. The molecule has 3 aromatic carbocycles. The summed E-state index contributed by atoms with van der Waals surface area (Å²) in [4.78, 5) is 0. The van der Waals surface area contributed by atoms with Gasteiger partial charge in [0.25, 0.3) is 10.1 Å². The second-order valence-electron chi connectivity index (χ2n) is 7.52. The first kappa shape index (κ1) is 22.6. The van der Waals surface area contributed by atoms with E-state index in [0.717, 1.165) is 0 Å². The number of thiophene rings is 1. The van der Waals surface area contributed by atoms with Crippen LogP contribution in [0.1, 0.15) is 12.5 Å². The topological polar surface area (TPSA) is 107 Å². The number of benzene rings is 3. The van der Waals surface area contributed by atoms with Crippen LogP contribution in [-0.4, -0.2) is 48.2 Å². The molecule has 4 rings (SSSR count). The lowest BCUT2D eigenvalue weighted by Gasteiger charge is -2.26. The Morgan fingerprint density at radius 3 is 2.07 bits per heavy atom. The third-order valence-corrected chi connectivity index (χ3v) is 6.09. The van der Waals surface area contributed by atoms with E-state index in [1.54, 1.807) is 0 Å². The molecule has 0 bridgehead atoms. The maximum absolute atomic E-state index is 9.54. The minimum atomic E-state index is -3.67. The first-order valence-electron chi connectivity index (χ1n) is 9.36. The van der Waals surface area contributed by atoms with Crippen molar-refractivity contribution in [2.75, 3.05) is 19.5 Å². The SMILES string of the molecule is CC(CO)(CO)NCc1cc2c3ccccc3sc2c2ccccc12.CS(=O)(=O)O. The van der Waals surface area contributed by atoms with Gasteiger partial charge >= 0.3 is 0 Å². The van der Waals surface area contributed by atoms with Crippen molar-refractivity contribution in [1.29, 1.82) is 0 Å². The van der Waals surface area contributed by atoms with Gasteiger partial charge in [0.2, 0.25) is 0 Å². The fraction of sp³-hybridized carbons (Fsp3) is 0.273. The van der Waals surface area contributed by atoms with Crippen molar-refractivity contribution in [3.63, 3.8) is 0 Å². The van der Waals surface area contributed by atoms with Gasteiger partial charge in [0.15, 0.2) is 0 Å². The Labute approximate surface area is 179 Å². The Hall–Kier alpha value is -2.07. The molecule has 4 aromatic rings.